The molecule has 2 aliphatic rings. The minimum absolute atomic E-state index is 0.0218. The Balaban J connectivity index is 1.25. The lowest BCUT2D eigenvalue weighted by atomic mass is 9.95. The van der Waals surface area contributed by atoms with Gasteiger partial charge >= 0.3 is 0 Å². The molecule has 0 unspecified atom stereocenters. The van der Waals surface area contributed by atoms with E-state index in [1.807, 2.05) is 23.1 Å². The van der Waals surface area contributed by atoms with Gasteiger partial charge in [-0.2, -0.15) is 0 Å². The molecule has 2 fully saturated rings. The molecular weight excluding hydrogens is 370 g/mol. The molecule has 1 aliphatic heterocycles. The molecule has 2 aromatic rings. The average Bonchev–Trinajstić information content (AvgIpc) is 3.45. The van der Waals surface area contributed by atoms with Crippen LogP contribution in [0.15, 0.2) is 47.1 Å². The Labute approximate surface area is 169 Å². The zero-order valence-corrected chi connectivity index (χ0v) is 16.2. The highest BCUT2D eigenvalue weighted by Gasteiger charge is 2.35. The number of carbonyl (C=O) groups excluding carboxylic acids is 3. The summed E-state index contributed by atoms with van der Waals surface area (Å²) in [5, 5.41) is 5.76. The Morgan fingerprint density at radius 2 is 1.79 bits per heavy atom. The smallest absolute Gasteiger partial charge is 0.291 e. The summed E-state index contributed by atoms with van der Waals surface area (Å²) in [7, 11) is 0. The first-order valence-electron chi connectivity index (χ1n) is 10.1. The van der Waals surface area contributed by atoms with Gasteiger partial charge in [-0.15, -0.1) is 0 Å². The van der Waals surface area contributed by atoms with E-state index in [1.165, 1.54) is 6.26 Å². The van der Waals surface area contributed by atoms with Crippen LogP contribution in [-0.2, 0) is 16.1 Å². The fourth-order valence-electron chi connectivity index (χ4n) is 3.64. The summed E-state index contributed by atoms with van der Waals surface area (Å²) >= 11 is 0. The van der Waals surface area contributed by atoms with Crippen molar-refractivity contribution < 1.29 is 18.8 Å². The fourth-order valence-corrected chi connectivity index (χ4v) is 3.64. The number of piperidine rings is 1. The molecule has 2 heterocycles. The lowest BCUT2D eigenvalue weighted by Crippen LogP contribution is -2.43. The van der Waals surface area contributed by atoms with Crippen LogP contribution in [0.2, 0.25) is 0 Å². The number of furan rings is 1. The lowest BCUT2D eigenvalue weighted by Gasteiger charge is -2.31. The third-order valence-corrected chi connectivity index (χ3v) is 5.50. The molecule has 0 bridgehead atoms. The van der Waals surface area contributed by atoms with Crippen LogP contribution in [0, 0.1) is 11.8 Å². The Hall–Kier alpha value is -3.09. The quantitative estimate of drug-likeness (QED) is 0.787. The third kappa shape index (κ3) is 4.85. The van der Waals surface area contributed by atoms with Gasteiger partial charge in [0.15, 0.2) is 5.76 Å². The number of benzene rings is 1. The van der Waals surface area contributed by atoms with Crippen LogP contribution in [0.5, 0.6) is 0 Å². The van der Waals surface area contributed by atoms with Gasteiger partial charge in [-0.1, -0.05) is 12.1 Å². The van der Waals surface area contributed by atoms with Crippen molar-refractivity contribution in [1.82, 2.24) is 10.2 Å². The Morgan fingerprint density at radius 1 is 1.00 bits per heavy atom. The van der Waals surface area contributed by atoms with Crippen molar-refractivity contribution in [3.05, 3.63) is 54.0 Å². The van der Waals surface area contributed by atoms with Gasteiger partial charge in [0.1, 0.15) is 0 Å². The van der Waals surface area contributed by atoms with Crippen LogP contribution < -0.4 is 10.6 Å². The maximum atomic E-state index is 12.5. The van der Waals surface area contributed by atoms with Crippen molar-refractivity contribution in [2.75, 3.05) is 18.4 Å². The molecule has 1 saturated heterocycles. The second-order valence-corrected chi connectivity index (χ2v) is 7.72. The van der Waals surface area contributed by atoms with Crippen LogP contribution in [0.1, 0.15) is 41.8 Å². The molecule has 4 rings (SSSR count). The standard InChI is InChI=1S/C22H25N3O4/c26-20(16-8-10-25(11-9-16)22(28)17-6-7-17)23-14-15-3-1-4-18(13-15)24-21(27)19-5-2-12-29-19/h1-5,12-13,16-17H,6-11,14H2,(H,23,26)(H,24,27). The first-order valence-corrected chi connectivity index (χ1v) is 10.1. The number of rotatable bonds is 6. The fraction of sp³-hybridized carbons (Fsp3) is 0.409. The monoisotopic (exact) mass is 395 g/mol. The number of nitrogens with one attached hydrogen (secondary N) is 2. The second kappa shape index (κ2) is 8.51. The molecular formula is C22H25N3O4. The predicted molar refractivity (Wildman–Crippen MR) is 107 cm³/mol. The third-order valence-electron chi connectivity index (χ3n) is 5.50. The van der Waals surface area contributed by atoms with E-state index in [2.05, 4.69) is 10.6 Å². The lowest BCUT2D eigenvalue weighted by molar-refractivity contribution is -0.136. The van der Waals surface area contributed by atoms with Crippen molar-refractivity contribution in [2.24, 2.45) is 11.8 Å². The minimum atomic E-state index is -0.316. The number of anilines is 1. The number of amides is 3. The molecule has 7 nitrogen and oxygen atoms in total. The van der Waals surface area contributed by atoms with E-state index in [-0.39, 0.29) is 35.3 Å². The Bertz CT molecular complexity index is 881. The van der Waals surface area contributed by atoms with Crippen molar-refractivity contribution >= 4 is 23.4 Å². The van der Waals surface area contributed by atoms with Gasteiger partial charge in [0.2, 0.25) is 11.8 Å². The summed E-state index contributed by atoms with van der Waals surface area (Å²) in [5.74, 6) is 0.394. The van der Waals surface area contributed by atoms with E-state index in [1.54, 1.807) is 18.2 Å². The molecule has 1 saturated carbocycles. The van der Waals surface area contributed by atoms with Gasteiger partial charge in [0.25, 0.3) is 5.91 Å². The molecule has 0 radical (unpaired) electrons. The highest BCUT2D eigenvalue weighted by molar-refractivity contribution is 6.02. The van der Waals surface area contributed by atoms with E-state index in [4.69, 9.17) is 4.42 Å². The zero-order chi connectivity index (χ0) is 20.2. The molecule has 0 atom stereocenters. The number of carbonyl (C=O) groups is 3. The molecule has 7 heteroatoms. The maximum absolute atomic E-state index is 12.5. The molecule has 1 aromatic heterocycles. The van der Waals surface area contributed by atoms with Crippen molar-refractivity contribution in [1.29, 1.82) is 0 Å². The first kappa shape index (κ1) is 19.2. The van der Waals surface area contributed by atoms with E-state index in [9.17, 15) is 14.4 Å². The predicted octanol–water partition coefficient (Wildman–Crippen LogP) is 2.80. The van der Waals surface area contributed by atoms with Gasteiger partial charge in [-0.05, 0) is 55.5 Å². The topological polar surface area (TPSA) is 91.7 Å². The summed E-state index contributed by atoms with van der Waals surface area (Å²) in [4.78, 5) is 38.6. The summed E-state index contributed by atoms with van der Waals surface area (Å²) in [6.45, 7) is 1.73. The van der Waals surface area contributed by atoms with Crippen molar-refractivity contribution in [2.45, 2.75) is 32.2 Å². The highest BCUT2D eigenvalue weighted by atomic mass is 16.3. The number of nitrogens with zero attached hydrogens (tertiary/aromatic N) is 1. The normalized spacial score (nSPS) is 17.0. The zero-order valence-electron chi connectivity index (χ0n) is 16.2. The van der Waals surface area contributed by atoms with Crippen molar-refractivity contribution in [3.63, 3.8) is 0 Å². The SMILES string of the molecule is O=C(Nc1cccc(CNC(=O)C2CCN(C(=O)C3CC3)CC2)c1)c1ccco1. The number of hydrogen-bond acceptors (Lipinski definition) is 4. The van der Waals surface area contributed by atoms with E-state index < -0.39 is 0 Å². The largest absolute Gasteiger partial charge is 0.459 e. The van der Waals surface area contributed by atoms with E-state index >= 15 is 0 Å². The van der Waals surface area contributed by atoms with Gasteiger partial charge in [-0.25, -0.2) is 0 Å². The van der Waals surface area contributed by atoms with Crippen LogP contribution >= 0.6 is 0 Å². The van der Waals surface area contributed by atoms with Crippen LogP contribution in [-0.4, -0.2) is 35.7 Å². The average molecular weight is 395 g/mol. The molecule has 0 spiro atoms. The summed E-state index contributed by atoms with van der Waals surface area (Å²) in [5.41, 5.74) is 1.54. The van der Waals surface area contributed by atoms with Crippen molar-refractivity contribution in [3.8, 4) is 0 Å². The van der Waals surface area contributed by atoms with Gasteiger partial charge in [-0.3, -0.25) is 14.4 Å². The second-order valence-electron chi connectivity index (χ2n) is 7.72. The highest BCUT2D eigenvalue weighted by Crippen LogP contribution is 2.32. The molecule has 152 valence electrons. The summed E-state index contributed by atoms with van der Waals surface area (Å²) < 4.78 is 5.09. The molecule has 3 amide bonds. The van der Waals surface area contributed by atoms with E-state index in [0.717, 1.165) is 18.4 Å². The molecule has 1 aromatic carbocycles. The minimum Gasteiger partial charge on any atom is -0.459 e. The van der Waals surface area contributed by atoms with Crippen LogP contribution in [0.3, 0.4) is 0 Å². The van der Waals surface area contributed by atoms with Gasteiger partial charge in [0.05, 0.1) is 6.26 Å². The number of hydrogen-bond donors (Lipinski definition) is 2. The summed E-state index contributed by atoms with van der Waals surface area (Å²) in [6.07, 6.45) is 4.90. The number of likely N-dealkylation sites (tertiary alicyclic amines) is 1. The maximum Gasteiger partial charge on any atom is 0.291 e. The van der Waals surface area contributed by atoms with Crippen LogP contribution in [0.4, 0.5) is 5.69 Å². The summed E-state index contributed by atoms with van der Waals surface area (Å²) in [6, 6.07) is 10.6. The van der Waals surface area contributed by atoms with Gasteiger partial charge < -0.3 is 20.0 Å². The van der Waals surface area contributed by atoms with Gasteiger partial charge in [0, 0.05) is 37.2 Å². The molecule has 2 N–H and O–H groups in total. The Morgan fingerprint density at radius 3 is 2.48 bits per heavy atom. The Kier molecular flexibility index (Phi) is 5.64. The first-order chi connectivity index (χ1) is 14.1. The van der Waals surface area contributed by atoms with E-state index in [0.29, 0.717) is 38.2 Å². The molecule has 29 heavy (non-hydrogen) atoms. The van der Waals surface area contributed by atoms with Crippen LogP contribution in [0.25, 0.3) is 0 Å². The molecule has 1 aliphatic carbocycles.